The SMILES string of the molecule is CN=C(NCC(C)c1c(C)noc1C)N(C)Cc1cnn(C)c1. The van der Waals surface area contributed by atoms with Crippen LogP contribution in [0.3, 0.4) is 0 Å². The largest absolute Gasteiger partial charge is 0.361 e. The zero-order chi connectivity index (χ0) is 17.0. The average Bonchev–Trinajstić information content (AvgIpc) is 3.05. The first-order chi connectivity index (χ1) is 10.9. The Hall–Kier alpha value is -2.31. The Bertz CT molecular complexity index is 652. The predicted molar refractivity (Wildman–Crippen MR) is 90.4 cm³/mol. The van der Waals surface area contributed by atoms with Gasteiger partial charge in [0.05, 0.1) is 11.9 Å². The van der Waals surface area contributed by atoms with Crippen LogP contribution in [0.4, 0.5) is 0 Å². The molecule has 0 saturated carbocycles. The lowest BCUT2D eigenvalue weighted by Crippen LogP contribution is -2.40. The van der Waals surface area contributed by atoms with E-state index in [0.29, 0.717) is 5.92 Å². The van der Waals surface area contributed by atoms with E-state index in [1.54, 1.807) is 11.7 Å². The molecule has 2 aromatic rings. The summed E-state index contributed by atoms with van der Waals surface area (Å²) >= 11 is 0. The van der Waals surface area contributed by atoms with Crippen LogP contribution in [0.1, 0.15) is 35.4 Å². The summed E-state index contributed by atoms with van der Waals surface area (Å²) in [5.41, 5.74) is 3.27. The lowest BCUT2D eigenvalue weighted by Gasteiger charge is -2.23. The summed E-state index contributed by atoms with van der Waals surface area (Å²) in [4.78, 5) is 6.43. The van der Waals surface area contributed by atoms with Crippen LogP contribution >= 0.6 is 0 Å². The van der Waals surface area contributed by atoms with Gasteiger partial charge in [-0.1, -0.05) is 12.1 Å². The molecule has 7 heteroatoms. The van der Waals surface area contributed by atoms with Gasteiger partial charge in [0.2, 0.25) is 0 Å². The van der Waals surface area contributed by atoms with Gasteiger partial charge in [-0.15, -0.1) is 0 Å². The average molecular weight is 318 g/mol. The number of aryl methyl sites for hydroxylation is 3. The zero-order valence-corrected chi connectivity index (χ0v) is 14.8. The van der Waals surface area contributed by atoms with Crippen LogP contribution in [0.15, 0.2) is 21.9 Å². The second kappa shape index (κ2) is 7.30. The summed E-state index contributed by atoms with van der Waals surface area (Å²) in [6.07, 6.45) is 3.88. The van der Waals surface area contributed by atoms with Crippen LogP contribution in [0.5, 0.6) is 0 Å². The highest BCUT2D eigenvalue weighted by Gasteiger charge is 2.17. The second-order valence-electron chi connectivity index (χ2n) is 5.95. The number of aliphatic imine (C=N–C) groups is 1. The van der Waals surface area contributed by atoms with Gasteiger partial charge in [0.25, 0.3) is 0 Å². The van der Waals surface area contributed by atoms with Crippen molar-refractivity contribution in [2.45, 2.75) is 33.2 Å². The van der Waals surface area contributed by atoms with E-state index in [1.807, 2.05) is 40.3 Å². The fraction of sp³-hybridized carbons (Fsp3) is 0.562. The van der Waals surface area contributed by atoms with E-state index in [1.165, 1.54) is 5.56 Å². The van der Waals surface area contributed by atoms with Crippen molar-refractivity contribution in [3.63, 3.8) is 0 Å². The molecule has 1 N–H and O–H groups in total. The number of nitrogens with one attached hydrogen (secondary N) is 1. The summed E-state index contributed by atoms with van der Waals surface area (Å²) in [7, 11) is 5.73. The minimum absolute atomic E-state index is 0.296. The summed E-state index contributed by atoms with van der Waals surface area (Å²) in [6.45, 7) is 7.62. The van der Waals surface area contributed by atoms with Gasteiger partial charge in [-0.3, -0.25) is 9.67 Å². The maximum absolute atomic E-state index is 5.25. The van der Waals surface area contributed by atoms with E-state index in [9.17, 15) is 0 Å². The van der Waals surface area contributed by atoms with Crippen molar-refractivity contribution >= 4 is 5.96 Å². The molecule has 1 unspecified atom stereocenters. The van der Waals surface area contributed by atoms with Crippen LogP contribution in [0.25, 0.3) is 0 Å². The molecular weight excluding hydrogens is 292 g/mol. The van der Waals surface area contributed by atoms with Crippen molar-refractivity contribution in [1.82, 2.24) is 25.2 Å². The Morgan fingerprint density at radius 1 is 1.48 bits per heavy atom. The molecule has 1 atom stereocenters. The Morgan fingerprint density at radius 2 is 2.22 bits per heavy atom. The molecule has 0 aliphatic carbocycles. The van der Waals surface area contributed by atoms with E-state index in [2.05, 4.69) is 32.4 Å². The highest BCUT2D eigenvalue weighted by atomic mass is 16.5. The molecule has 126 valence electrons. The molecule has 2 aromatic heterocycles. The molecule has 2 rings (SSSR count). The minimum atomic E-state index is 0.296. The van der Waals surface area contributed by atoms with Crippen LogP contribution in [0.2, 0.25) is 0 Å². The molecule has 7 nitrogen and oxygen atoms in total. The fourth-order valence-electron chi connectivity index (χ4n) is 2.83. The third-order valence-corrected chi connectivity index (χ3v) is 3.90. The molecule has 0 spiro atoms. The van der Waals surface area contributed by atoms with Crippen LogP contribution in [0, 0.1) is 13.8 Å². The third kappa shape index (κ3) is 4.12. The predicted octanol–water partition coefficient (Wildman–Crippen LogP) is 1.84. The first kappa shape index (κ1) is 17.1. The smallest absolute Gasteiger partial charge is 0.193 e. The van der Waals surface area contributed by atoms with Crippen LogP contribution in [-0.2, 0) is 13.6 Å². The monoisotopic (exact) mass is 318 g/mol. The van der Waals surface area contributed by atoms with Gasteiger partial charge in [-0.25, -0.2) is 0 Å². The molecule has 0 amide bonds. The highest BCUT2D eigenvalue weighted by Crippen LogP contribution is 2.22. The number of aromatic nitrogens is 3. The van der Waals surface area contributed by atoms with Crippen LogP contribution in [-0.4, -0.2) is 46.4 Å². The van der Waals surface area contributed by atoms with E-state index in [0.717, 1.165) is 36.1 Å². The molecule has 23 heavy (non-hydrogen) atoms. The Kier molecular flexibility index (Phi) is 5.41. The number of hydrogen-bond donors (Lipinski definition) is 1. The first-order valence-electron chi connectivity index (χ1n) is 7.74. The fourth-order valence-corrected chi connectivity index (χ4v) is 2.83. The third-order valence-electron chi connectivity index (χ3n) is 3.90. The summed E-state index contributed by atoms with van der Waals surface area (Å²) in [5, 5.41) is 11.6. The van der Waals surface area contributed by atoms with Crippen molar-refractivity contribution in [2.24, 2.45) is 12.0 Å². The molecule has 0 saturated heterocycles. The number of guanidine groups is 1. The Balaban J connectivity index is 1.94. The summed E-state index contributed by atoms with van der Waals surface area (Å²) < 4.78 is 7.06. The van der Waals surface area contributed by atoms with E-state index in [4.69, 9.17) is 4.52 Å². The molecule has 0 fully saturated rings. The highest BCUT2D eigenvalue weighted by molar-refractivity contribution is 5.79. The Morgan fingerprint density at radius 3 is 2.74 bits per heavy atom. The normalized spacial score (nSPS) is 13.2. The topological polar surface area (TPSA) is 71.5 Å². The molecule has 0 radical (unpaired) electrons. The summed E-state index contributed by atoms with van der Waals surface area (Å²) in [6, 6.07) is 0. The molecule has 0 aromatic carbocycles. The van der Waals surface area contributed by atoms with Gasteiger partial charge in [-0.2, -0.15) is 5.10 Å². The standard InChI is InChI=1S/C16H26N6O/c1-11(15-12(2)20-23-13(15)3)7-18-16(17-4)21(5)9-14-8-19-22(6)10-14/h8,10-11H,7,9H2,1-6H3,(H,17,18). The molecule has 0 bridgehead atoms. The van der Waals surface area contributed by atoms with Crippen molar-refractivity contribution in [2.75, 3.05) is 20.6 Å². The first-order valence-corrected chi connectivity index (χ1v) is 7.74. The zero-order valence-electron chi connectivity index (χ0n) is 14.8. The van der Waals surface area contributed by atoms with Crippen molar-refractivity contribution in [3.8, 4) is 0 Å². The maximum atomic E-state index is 5.25. The lowest BCUT2D eigenvalue weighted by atomic mass is 10.00. The van der Waals surface area contributed by atoms with Gasteiger partial charge < -0.3 is 14.7 Å². The maximum Gasteiger partial charge on any atom is 0.193 e. The van der Waals surface area contributed by atoms with Gasteiger partial charge in [0.1, 0.15) is 5.76 Å². The number of hydrogen-bond acceptors (Lipinski definition) is 4. The van der Waals surface area contributed by atoms with E-state index < -0.39 is 0 Å². The quantitative estimate of drug-likeness (QED) is 0.673. The number of nitrogens with zero attached hydrogens (tertiary/aromatic N) is 5. The van der Waals surface area contributed by atoms with Crippen molar-refractivity contribution < 1.29 is 4.52 Å². The lowest BCUT2D eigenvalue weighted by molar-refractivity contribution is 0.391. The van der Waals surface area contributed by atoms with Crippen molar-refractivity contribution in [3.05, 3.63) is 35.0 Å². The summed E-state index contributed by atoms with van der Waals surface area (Å²) in [5.74, 6) is 2.03. The minimum Gasteiger partial charge on any atom is -0.361 e. The van der Waals surface area contributed by atoms with Crippen molar-refractivity contribution in [1.29, 1.82) is 0 Å². The molecule has 0 aliphatic heterocycles. The van der Waals surface area contributed by atoms with Gasteiger partial charge >= 0.3 is 0 Å². The van der Waals surface area contributed by atoms with Crippen LogP contribution < -0.4 is 5.32 Å². The Labute approximate surface area is 137 Å². The van der Waals surface area contributed by atoms with Gasteiger partial charge in [0, 0.05) is 57.5 Å². The molecule has 2 heterocycles. The van der Waals surface area contributed by atoms with E-state index in [-0.39, 0.29) is 0 Å². The molecule has 0 aliphatic rings. The van der Waals surface area contributed by atoms with Gasteiger partial charge in [0.15, 0.2) is 5.96 Å². The van der Waals surface area contributed by atoms with E-state index >= 15 is 0 Å². The van der Waals surface area contributed by atoms with Gasteiger partial charge in [-0.05, 0) is 13.8 Å². The second-order valence-corrected chi connectivity index (χ2v) is 5.95. The number of rotatable bonds is 5. The molecular formula is C16H26N6O.